The summed E-state index contributed by atoms with van der Waals surface area (Å²) in [4.78, 5) is 27.0. The first-order valence-corrected chi connectivity index (χ1v) is 9.31. The molecule has 0 atom stereocenters. The van der Waals surface area contributed by atoms with Gasteiger partial charge in [-0.15, -0.1) is 0 Å². The van der Waals surface area contributed by atoms with Gasteiger partial charge in [-0.2, -0.15) is 5.10 Å². The van der Waals surface area contributed by atoms with Crippen LogP contribution in [0.5, 0.6) is 0 Å². The number of aromatic nitrogens is 3. The highest BCUT2D eigenvalue weighted by molar-refractivity contribution is 5.82. The lowest BCUT2D eigenvalue weighted by Gasteiger charge is -2.21. The van der Waals surface area contributed by atoms with Crippen LogP contribution < -0.4 is 5.56 Å². The van der Waals surface area contributed by atoms with Crippen molar-refractivity contribution in [3.05, 3.63) is 34.6 Å². The molecule has 7 nitrogen and oxygen atoms in total. The Morgan fingerprint density at radius 2 is 1.96 bits per heavy atom. The van der Waals surface area contributed by atoms with Crippen molar-refractivity contribution in [2.75, 3.05) is 13.1 Å². The van der Waals surface area contributed by atoms with Gasteiger partial charge in [0.15, 0.2) is 5.58 Å². The van der Waals surface area contributed by atoms with Gasteiger partial charge in [0.1, 0.15) is 11.3 Å². The van der Waals surface area contributed by atoms with Crippen LogP contribution in [0.25, 0.3) is 16.6 Å². The molecule has 3 aromatic rings. The molecule has 0 aromatic carbocycles. The molecule has 0 aliphatic heterocycles. The lowest BCUT2D eigenvalue weighted by atomic mass is 10.2. The fourth-order valence-electron chi connectivity index (χ4n) is 3.42. The molecule has 0 fully saturated rings. The van der Waals surface area contributed by atoms with E-state index in [1.165, 1.54) is 4.68 Å². The summed E-state index contributed by atoms with van der Waals surface area (Å²) in [7, 11) is 0. The summed E-state index contributed by atoms with van der Waals surface area (Å²) in [6, 6.07) is 3.58. The minimum Gasteiger partial charge on any atom is -0.463 e. The van der Waals surface area contributed by atoms with Gasteiger partial charge in [0.05, 0.1) is 11.8 Å². The van der Waals surface area contributed by atoms with Gasteiger partial charge >= 0.3 is 0 Å². The van der Waals surface area contributed by atoms with Crippen LogP contribution in [0.3, 0.4) is 0 Å². The summed E-state index contributed by atoms with van der Waals surface area (Å²) in [5.41, 5.74) is 1.92. The number of rotatable bonds is 8. The number of hydrogen-bond donors (Lipinski definition) is 0. The van der Waals surface area contributed by atoms with Gasteiger partial charge in [0.2, 0.25) is 5.91 Å². The number of aryl methyl sites for hydroxylation is 2. The zero-order valence-corrected chi connectivity index (χ0v) is 15.7. The second kappa shape index (κ2) is 7.76. The van der Waals surface area contributed by atoms with Crippen molar-refractivity contribution in [1.29, 1.82) is 0 Å². The predicted octanol–water partition coefficient (Wildman–Crippen LogP) is 2.98. The number of carbonyl (C=O) groups is 1. The van der Waals surface area contributed by atoms with Crippen LogP contribution in [0.15, 0.2) is 27.6 Å². The van der Waals surface area contributed by atoms with Crippen LogP contribution in [-0.4, -0.2) is 38.1 Å². The summed E-state index contributed by atoms with van der Waals surface area (Å²) in [6.45, 7) is 8.03. The van der Waals surface area contributed by atoms with Crippen LogP contribution in [0.1, 0.15) is 45.4 Å². The normalized spacial score (nSPS) is 11.5. The maximum Gasteiger partial charge on any atom is 0.291 e. The average molecular weight is 358 g/mol. The SMILES string of the molecule is CCCN(CCC)C(=O)CCCn1nc(C)n2c(cc3occc32)c1=O. The third kappa shape index (κ3) is 3.38. The molecule has 0 spiro atoms. The molecule has 0 aliphatic rings. The van der Waals surface area contributed by atoms with Crippen LogP contribution >= 0.6 is 0 Å². The van der Waals surface area contributed by atoms with Gasteiger partial charge in [0, 0.05) is 38.2 Å². The number of furan rings is 1. The van der Waals surface area contributed by atoms with Crippen molar-refractivity contribution in [1.82, 2.24) is 19.1 Å². The lowest BCUT2D eigenvalue weighted by Crippen LogP contribution is -2.33. The molecule has 0 radical (unpaired) electrons. The molecular weight excluding hydrogens is 332 g/mol. The zero-order valence-electron chi connectivity index (χ0n) is 15.7. The van der Waals surface area contributed by atoms with Crippen molar-refractivity contribution < 1.29 is 9.21 Å². The first-order chi connectivity index (χ1) is 12.6. The minimum absolute atomic E-state index is 0.153. The Morgan fingerprint density at radius 3 is 2.65 bits per heavy atom. The fraction of sp³-hybridized carbons (Fsp3) is 0.526. The Labute approximate surface area is 152 Å². The van der Waals surface area contributed by atoms with E-state index in [2.05, 4.69) is 18.9 Å². The molecule has 0 saturated carbocycles. The largest absolute Gasteiger partial charge is 0.463 e. The first-order valence-electron chi connectivity index (χ1n) is 9.31. The molecule has 0 unspecified atom stereocenters. The van der Waals surface area contributed by atoms with Gasteiger partial charge < -0.3 is 9.32 Å². The Kier molecular flexibility index (Phi) is 5.44. The Morgan fingerprint density at radius 1 is 1.23 bits per heavy atom. The van der Waals surface area contributed by atoms with Crippen molar-refractivity contribution >= 4 is 22.5 Å². The van der Waals surface area contributed by atoms with E-state index in [0.717, 1.165) is 37.3 Å². The van der Waals surface area contributed by atoms with Crippen LogP contribution in [-0.2, 0) is 11.3 Å². The topological polar surface area (TPSA) is 72.8 Å². The van der Waals surface area contributed by atoms with Gasteiger partial charge in [-0.25, -0.2) is 4.68 Å². The molecule has 0 N–H and O–H groups in total. The monoisotopic (exact) mass is 358 g/mol. The molecule has 3 rings (SSSR count). The fourth-order valence-corrected chi connectivity index (χ4v) is 3.42. The van der Waals surface area contributed by atoms with E-state index < -0.39 is 0 Å². The van der Waals surface area contributed by atoms with Crippen molar-refractivity contribution in [3.63, 3.8) is 0 Å². The van der Waals surface area contributed by atoms with Gasteiger partial charge in [0.25, 0.3) is 5.56 Å². The molecule has 3 aromatic heterocycles. The second-order valence-corrected chi connectivity index (χ2v) is 6.59. The van der Waals surface area contributed by atoms with E-state index in [1.807, 2.05) is 22.3 Å². The molecule has 3 heterocycles. The summed E-state index contributed by atoms with van der Waals surface area (Å²) in [5.74, 6) is 0.876. The highest BCUT2D eigenvalue weighted by atomic mass is 16.3. The van der Waals surface area contributed by atoms with Gasteiger partial charge in [-0.3, -0.25) is 14.0 Å². The third-order valence-corrected chi connectivity index (χ3v) is 4.57. The summed E-state index contributed by atoms with van der Waals surface area (Å²) in [6.07, 6.45) is 4.55. The second-order valence-electron chi connectivity index (χ2n) is 6.59. The smallest absolute Gasteiger partial charge is 0.291 e. The molecule has 0 bridgehead atoms. The van der Waals surface area contributed by atoms with E-state index in [1.54, 1.807) is 12.3 Å². The predicted molar refractivity (Wildman–Crippen MR) is 100 cm³/mol. The molecule has 26 heavy (non-hydrogen) atoms. The van der Waals surface area contributed by atoms with E-state index >= 15 is 0 Å². The first kappa shape index (κ1) is 18.2. The van der Waals surface area contributed by atoms with E-state index in [-0.39, 0.29) is 11.5 Å². The van der Waals surface area contributed by atoms with Crippen LogP contribution in [0.4, 0.5) is 0 Å². The maximum absolute atomic E-state index is 12.7. The number of carbonyl (C=O) groups excluding carboxylic acids is 1. The molecule has 0 aliphatic carbocycles. The Hall–Kier alpha value is -2.57. The molecule has 140 valence electrons. The third-order valence-electron chi connectivity index (χ3n) is 4.57. The summed E-state index contributed by atoms with van der Waals surface area (Å²) >= 11 is 0. The Balaban J connectivity index is 1.74. The average Bonchev–Trinajstić information content (AvgIpc) is 3.20. The Bertz CT molecular complexity index is 960. The number of hydrogen-bond acceptors (Lipinski definition) is 4. The van der Waals surface area contributed by atoms with Crippen LogP contribution in [0.2, 0.25) is 0 Å². The van der Waals surface area contributed by atoms with Crippen molar-refractivity contribution in [3.8, 4) is 0 Å². The van der Waals surface area contributed by atoms with Crippen molar-refractivity contribution in [2.24, 2.45) is 0 Å². The highest BCUT2D eigenvalue weighted by Gasteiger charge is 2.15. The van der Waals surface area contributed by atoms with Crippen molar-refractivity contribution in [2.45, 2.75) is 53.0 Å². The quantitative estimate of drug-likeness (QED) is 0.620. The highest BCUT2D eigenvalue weighted by Crippen LogP contribution is 2.20. The van der Waals surface area contributed by atoms with E-state index in [9.17, 15) is 9.59 Å². The van der Waals surface area contributed by atoms with Gasteiger partial charge in [-0.1, -0.05) is 13.8 Å². The number of fused-ring (bicyclic) bond motifs is 3. The van der Waals surface area contributed by atoms with Gasteiger partial charge in [-0.05, 0) is 26.2 Å². The van der Waals surface area contributed by atoms with E-state index in [0.29, 0.717) is 30.5 Å². The number of nitrogens with zero attached hydrogens (tertiary/aromatic N) is 4. The number of amides is 1. The maximum atomic E-state index is 12.7. The molecular formula is C19H26N4O3. The van der Waals surface area contributed by atoms with E-state index in [4.69, 9.17) is 4.42 Å². The lowest BCUT2D eigenvalue weighted by molar-refractivity contribution is -0.131. The molecule has 1 amide bonds. The summed E-state index contributed by atoms with van der Waals surface area (Å²) in [5, 5.41) is 4.42. The zero-order chi connectivity index (χ0) is 18.7. The standard InChI is InChI=1S/C19H26N4O3/c1-4-9-21(10-5-2)18(24)7-6-11-22-19(25)16-13-17-15(8-12-26-17)23(16)14(3)20-22/h8,12-13H,4-7,9-11H2,1-3H3. The van der Waals surface area contributed by atoms with Crippen LogP contribution in [0, 0.1) is 6.92 Å². The minimum atomic E-state index is -0.159. The summed E-state index contributed by atoms with van der Waals surface area (Å²) < 4.78 is 8.66. The molecule has 7 heteroatoms. The molecule has 0 saturated heterocycles.